The summed E-state index contributed by atoms with van der Waals surface area (Å²) in [6.45, 7) is 8.57. The fourth-order valence-electron chi connectivity index (χ4n) is 0.289. The van der Waals surface area contributed by atoms with Crippen molar-refractivity contribution < 1.29 is 0 Å². The van der Waals surface area contributed by atoms with Gasteiger partial charge in [-0.15, -0.1) is 0 Å². The minimum Gasteiger partial charge on any atom is -0.328 e. The second-order valence-electron chi connectivity index (χ2n) is 2.58. The summed E-state index contributed by atoms with van der Waals surface area (Å²) in [6.07, 6.45) is 4.85. The first-order chi connectivity index (χ1) is 4.72. The second kappa shape index (κ2) is 11.7. The zero-order valence-corrected chi connectivity index (χ0v) is 7.98. The van der Waals surface area contributed by atoms with Crippen LogP contribution in [0.1, 0.15) is 53.4 Å². The van der Waals surface area contributed by atoms with Crippen LogP contribution in [0.3, 0.4) is 0 Å². The molecule has 2 N–H and O–H groups in total. The van der Waals surface area contributed by atoms with Crippen molar-refractivity contribution in [2.45, 2.75) is 59.4 Å². The molecule has 0 heterocycles. The van der Waals surface area contributed by atoms with Crippen molar-refractivity contribution in [3.63, 3.8) is 0 Å². The van der Waals surface area contributed by atoms with Gasteiger partial charge in [-0.25, -0.2) is 0 Å². The average molecular weight is 145 g/mol. The second-order valence-corrected chi connectivity index (χ2v) is 2.58. The summed E-state index contributed by atoms with van der Waals surface area (Å²) < 4.78 is 0. The summed E-state index contributed by atoms with van der Waals surface area (Å²) in [7, 11) is 0. The van der Waals surface area contributed by atoms with Gasteiger partial charge in [0.05, 0.1) is 0 Å². The highest BCUT2D eigenvalue weighted by molar-refractivity contribution is 4.51. The van der Waals surface area contributed by atoms with E-state index >= 15 is 0 Å². The minimum atomic E-state index is 0.435. The van der Waals surface area contributed by atoms with Gasteiger partial charge in [-0.2, -0.15) is 0 Å². The van der Waals surface area contributed by atoms with E-state index in [0.29, 0.717) is 6.04 Å². The molecular weight excluding hydrogens is 122 g/mol. The third-order valence-electron chi connectivity index (χ3n) is 1.55. The molecule has 0 fully saturated rings. The molecule has 0 saturated carbocycles. The van der Waals surface area contributed by atoms with E-state index in [2.05, 4.69) is 27.7 Å². The molecule has 64 valence electrons. The third kappa shape index (κ3) is 15.7. The van der Waals surface area contributed by atoms with Gasteiger partial charge in [0.15, 0.2) is 0 Å². The normalized spacial score (nSPS) is 9.00. The molecule has 0 aliphatic rings. The molecule has 0 unspecified atom stereocenters. The molecule has 0 saturated heterocycles. The van der Waals surface area contributed by atoms with E-state index in [9.17, 15) is 0 Å². The Morgan fingerprint density at radius 1 is 0.900 bits per heavy atom. The number of hydrogen-bond acceptors (Lipinski definition) is 1. The van der Waals surface area contributed by atoms with Crippen LogP contribution in [0.25, 0.3) is 0 Å². The lowest BCUT2D eigenvalue weighted by atomic mass is 10.2. The van der Waals surface area contributed by atoms with E-state index in [4.69, 9.17) is 5.73 Å². The SMILES string of the molecule is CCC(N)CC.CCCC. The first-order valence-electron chi connectivity index (χ1n) is 4.48. The Labute approximate surface area is 66.0 Å². The van der Waals surface area contributed by atoms with Crippen molar-refractivity contribution in [2.75, 3.05) is 0 Å². The van der Waals surface area contributed by atoms with E-state index in [1.54, 1.807) is 0 Å². The van der Waals surface area contributed by atoms with E-state index in [0.717, 1.165) is 12.8 Å². The fraction of sp³-hybridized carbons (Fsp3) is 1.00. The van der Waals surface area contributed by atoms with Crippen LogP contribution in [-0.2, 0) is 0 Å². The number of rotatable bonds is 3. The molecule has 1 heteroatoms. The van der Waals surface area contributed by atoms with Gasteiger partial charge >= 0.3 is 0 Å². The van der Waals surface area contributed by atoms with Gasteiger partial charge < -0.3 is 5.73 Å². The molecule has 0 aromatic heterocycles. The quantitative estimate of drug-likeness (QED) is 0.649. The zero-order valence-electron chi connectivity index (χ0n) is 7.98. The topological polar surface area (TPSA) is 26.0 Å². The Morgan fingerprint density at radius 3 is 1.20 bits per heavy atom. The van der Waals surface area contributed by atoms with Gasteiger partial charge in [0, 0.05) is 6.04 Å². The summed E-state index contributed by atoms with van der Waals surface area (Å²) in [5.74, 6) is 0. The standard InChI is InChI=1S/C5H13N.C4H10/c1-3-5(6)4-2;1-3-4-2/h5H,3-4,6H2,1-2H3;3-4H2,1-2H3. The first-order valence-corrected chi connectivity index (χ1v) is 4.48. The number of unbranched alkanes of at least 4 members (excludes halogenated alkanes) is 1. The number of nitrogens with two attached hydrogens (primary N) is 1. The van der Waals surface area contributed by atoms with Crippen LogP contribution in [0, 0.1) is 0 Å². The lowest BCUT2D eigenvalue weighted by molar-refractivity contribution is 0.629. The summed E-state index contributed by atoms with van der Waals surface area (Å²) in [5, 5.41) is 0. The molecule has 0 aromatic carbocycles. The molecule has 0 rings (SSSR count). The lowest BCUT2D eigenvalue weighted by Gasteiger charge is -1.99. The van der Waals surface area contributed by atoms with Crippen LogP contribution in [0.5, 0.6) is 0 Å². The van der Waals surface area contributed by atoms with Crippen molar-refractivity contribution in [3.05, 3.63) is 0 Å². The molecule has 0 aliphatic carbocycles. The van der Waals surface area contributed by atoms with Crippen LogP contribution < -0.4 is 5.73 Å². The van der Waals surface area contributed by atoms with E-state index in [-0.39, 0.29) is 0 Å². The van der Waals surface area contributed by atoms with Crippen LogP contribution in [-0.4, -0.2) is 6.04 Å². The smallest absolute Gasteiger partial charge is 0.00335 e. The molecule has 0 atom stereocenters. The van der Waals surface area contributed by atoms with Crippen molar-refractivity contribution in [2.24, 2.45) is 5.73 Å². The van der Waals surface area contributed by atoms with Gasteiger partial charge in [-0.1, -0.05) is 40.5 Å². The fourth-order valence-corrected chi connectivity index (χ4v) is 0.289. The van der Waals surface area contributed by atoms with E-state index in [1.807, 2.05) is 0 Å². The minimum absolute atomic E-state index is 0.435. The van der Waals surface area contributed by atoms with E-state index < -0.39 is 0 Å². The summed E-state index contributed by atoms with van der Waals surface area (Å²) in [5.41, 5.74) is 5.47. The zero-order chi connectivity index (χ0) is 8.41. The average Bonchev–Trinajstić information content (AvgIpc) is 2.03. The molecule has 0 bridgehead atoms. The highest BCUT2D eigenvalue weighted by atomic mass is 14.6. The van der Waals surface area contributed by atoms with E-state index in [1.165, 1.54) is 12.8 Å². The molecule has 0 aliphatic heterocycles. The summed E-state index contributed by atoms with van der Waals surface area (Å²) in [4.78, 5) is 0. The molecule has 0 aromatic rings. The van der Waals surface area contributed by atoms with Gasteiger partial charge in [-0.05, 0) is 12.8 Å². The van der Waals surface area contributed by atoms with Gasteiger partial charge in [-0.3, -0.25) is 0 Å². The van der Waals surface area contributed by atoms with Crippen molar-refractivity contribution >= 4 is 0 Å². The number of hydrogen-bond donors (Lipinski definition) is 1. The van der Waals surface area contributed by atoms with Gasteiger partial charge in [0.2, 0.25) is 0 Å². The summed E-state index contributed by atoms with van der Waals surface area (Å²) in [6, 6.07) is 0.435. The molecule has 1 nitrogen and oxygen atoms in total. The molecule has 0 spiro atoms. The Kier molecular flexibility index (Phi) is 14.8. The Hall–Kier alpha value is -0.0400. The van der Waals surface area contributed by atoms with Crippen LogP contribution in [0.4, 0.5) is 0 Å². The maximum absolute atomic E-state index is 5.47. The van der Waals surface area contributed by atoms with Crippen molar-refractivity contribution in [1.29, 1.82) is 0 Å². The Balaban J connectivity index is 0. The lowest BCUT2D eigenvalue weighted by Crippen LogP contribution is -2.16. The van der Waals surface area contributed by atoms with Crippen molar-refractivity contribution in [1.82, 2.24) is 0 Å². The predicted octanol–water partition coefficient (Wildman–Crippen LogP) is 2.94. The maximum Gasteiger partial charge on any atom is 0.00335 e. The highest BCUT2D eigenvalue weighted by Crippen LogP contribution is 1.88. The highest BCUT2D eigenvalue weighted by Gasteiger charge is 1.88. The third-order valence-corrected chi connectivity index (χ3v) is 1.55. The van der Waals surface area contributed by atoms with Crippen LogP contribution in [0.2, 0.25) is 0 Å². The molecule has 10 heavy (non-hydrogen) atoms. The maximum atomic E-state index is 5.47. The molecular formula is C9H23N. The first kappa shape index (κ1) is 12.6. The summed E-state index contributed by atoms with van der Waals surface area (Å²) >= 11 is 0. The molecule has 0 amide bonds. The Bertz CT molecular complexity index is 38.0. The largest absolute Gasteiger partial charge is 0.328 e. The Morgan fingerprint density at radius 2 is 1.20 bits per heavy atom. The predicted molar refractivity (Wildman–Crippen MR) is 49.1 cm³/mol. The monoisotopic (exact) mass is 145 g/mol. The van der Waals surface area contributed by atoms with Gasteiger partial charge in [0.25, 0.3) is 0 Å². The van der Waals surface area contributed by atoms with Crippen LogP contribution in [0.15, 0.2) is 0 Å². The van der Waals surface area contributed by atoms with Gasteiger partial charge in [0.1, 0.15) is 0 Å². The molecule has 0 radical (unpaired) electrons. The van der Waals surface area contributed by atoms with Crippen molar-refractivity contribution in [3.8, 4) is 0 Å². The van der Waals surface area contributed by atoms with Crippen LogP contribution >= 0.6 is 0 Å².